The van der Waals surface area contributed by atoms with E-state index < -0.39 is 0 Å². The van der Waals surface area contributed by atoms with Crippen LogP contribution in [-0.4, -0.2) is 36.4 Å². The standard InChI is InChI=1S/C16H18N2O3/c1-2-11-21-14-5-3-13(4-6-14)16(20)18-9-7-12(8-10-18)15(17)19/h1,3-6,12H,7-11H2,(H2,17,19). The van der Waals surface area contributed by atoms with Gasteiger partial charge in [0.25, 0.3) is 5.91 Å². The minimum atomic E-state index is -0.280. The molecule has 0 atom stereocenters. The zero-order valence-electron chi connectivity index (χ0n) is 11.7. The van der Waals surface area contributed by atoms with Crippen molar-refractivity contribution in [1.82, 2.24) is 4.90 Å². The second-order valence-electron chi connectivity index (χ2n) is 4.99. The Morgan fingerprint density at radius 3 is 2.43 bits per heavy atom. The number of nitrogens with two attached hydrogens (primary N) is 1. The van der Waals surface area contributed by atoms with E-state index in [2.05, 4.69) is 5.92 Å². The second kappa shape index (κ2) is 6.80. The molecule has 0 aliphatic carbocycles. The summed E-state index contributed by atoms with van der Waals surface area (Å²) in [4.78, 5) is 25.2. The number of primary amides is 1. The number of carbonyl (C=O) groups excluding carboxylic acids is 2. The molecular weight excluding hydrogens is 268 g/mol. The normalized spacial score (nSPS) is 15.3. The Bertz CT molecular complexity index is 552. The molecule has 1 aliphatic rings. The molecule has 0 radical (unpaired) electrons. The number of terminal acetylenes is 1. The molecule has 2 rings (SSSR count). The fraction of sp³-hybridized carbons (Fsp3) is 0.375. The monoisotopic (exact) mass is 286 g/mol. The van der Waals surface area contributed by atoms with Gasteiger partial charge in [-0.1, -0.05) is 5.92 Å². The van der Waals surface area contributed by atoms with Gasteiger partial charge < -0.3 is 15.4 Å². The molecule has 0 saturated carbocycles. The van der Waals surface area contributed by atoms with Crippen molar-refractivity contribution in [2.24, 2.45) is 11.7 Å². The molecule has 1 aliphatic heterocycles. The number of amides is 2. The van der Waals surface area contributed by atoms with Gasteiger partial charge in [-0.3, -0.25) is 9.59 Å². The average molecular weight is 286 g/mol. The lowest BCUT2D eigenvalue weighted by Gasteiger charge is -2.30. The van der Waals surface area contributed by atoms with Crippen molar-refractivity contribution in [3.8, 4) is 18.1 Å². The van der Waals surface area contributed by atoms with Crippen molar-refractivity contribution in [1.29, 1.82) is 0 Å². The van der Waals surface area contributed by atoms with Crippen LogP contribution >= 0.6 is 0 Å². The Labute approximate surface area is 124 Å². The summed E-state index contributed by atoms with van der Waals surface area (Å²) in [5, 5.41) is 0. The number of ether oxygens (including phenoxy) is 1. The summed E-state index contributed by atoms with van der Waals surface area (Å²) in [7, 11) is 0. The van der Waals surface area contributed by atoms with Crippen LogP contribution < -0.4 is 10.5 Å². The molecular formula is C16H18N2O3. The molecule has 1 saturated heterocycles. The Kier molecular flexibility index (Phi) is 4.83. The first-order valence-electron chi connectivity index (χ1n) is 6.86. The summed E-state index contributed by atoms with van der Waals surface area (Å²) in [6.07, 6.45) is 6.37. The second-order valence-corrected chi connectivity index (χ2v) is 4.99. The highest BCUT2D eigenvalue weighted by Crippen LogP contribution is 2.20. The lowest BCUT2D eigenvalue weighted by atomic mass is 9.96. The van der Waals surface area contributed by atoms with Crippen LogP contribution in [0.1, 0.15) is 23.2 Å². The Hall–Kier alpha value is -2.48. The SMILES string of the molecule is C#CCOc1ccc(C(=O)N2CCC(C(N)=O)CC2)cc1. The van der Waals surface area contributed by atoms with Gasteiger partial charge >= 0.3 is 0 Å². The molecule has 21 heavy (non-hydrogen) atoms. The van der Waals surface area contributed by atoms with Crippen LogP contribution in [0.15, 0.2) is 24.3 Å². The quantitative estimate of drug-likeness (QED) is 0.840. The number of benzene rings is 1. The number of piperidine rings is 1. The van der Waals surface area contributed by atoms with E-state index in [-0.39, 0.29) is 24.3 Å². The summed E-state index contributed by atoms with van der Waals surface area (Å²) in [6, 6.07) is 6.88. The Morgan fingerprint density at radius 1 is 1.29 bits per heavy atom. The van der Waals surface area contributed by atoms with Crippen LogP contribution in [-0.2, 0) is 4.79 Å². The number of hydrogen-bond donors (Lipinski definition) is 1. The zero-order chi connectivity index (χ0) is 15.2. The van der Waals surface area contributed by atoms with Crippen molar-refractivity contribution in [3.63, 3.8) is 0 Å². The van der Waals surface area contributed by atoms with Crippen LogP contribution in [0, 0.1) is 18.3 Å². The molecule has 0 aromatic heterocycles. The zero-order valence-corrected chi connectivity index (χ0v) is 11.7. The fourth-order valence-corrected chi connectivity index (χ4v) is 2.37. The van der Waals surface area contributed by atoms with Crippen LogP contribution in [0.3, 0.4) is 0 Å². The molecule has 2 amide bonds. The smallest absolute Gasteiger partial charge is 0.253 e. The lowest BCUT2D eigenvalue weighted by molar-refractivity contribution is -0.123. The number of nitrogens with zero attached hydrogens (tertiary/aromatic N) is 1. The summed E-state index contributed by atoms with van der Waals surface area (Å²) in [5.41, 5.74) is 5.88. The van der Waals surface area contributed by atoms with Gasteiger partial charge in [-0.05, 0) is 37.1 Å². The maximum atomic E-state index is 12.3. The van der Waals surface area contributed by atoms with Crippen molar-refractivity contribution in [2.75, 3.05) is 19.7 Å². The van der Waals surface area contributed by atoms with Crippen LogP contribution in [0.2, 0.25) is 0 Å². The molecule has 1 aromatic rings. The summed E-state index contributed by atoms with van der Waals surface area (Å²) in [5.74, 6) is 2.58. The van der Waals surface area contributed by atoms with Gasteiger partial charge in [-0.25, -0.2) is 0 Å². The third-order valence-corrected chi connectivity index (χ3v) is 3.61. The molecule has 0 bridgehead atoms. The fourth-order valence-electron chi connectivity index (χ4n) is 2.37. The first-order chi connectivity index (χ1) is 10.1. The summed E-state index contributed by atoms with van der Waals surface area (Å²) in [6.45, 7) is 1.32. The van der Waals surface area contributed by atoms with E-state index in [1.54, 1.807) is 29.2 Å². The molecule has 1 aromatic carbocycles. The molecule has 1 heterocycles. The molecule has 110 valence electrons. The predicted molar refractivity (Wildman–Crippen MR) is 78.6 cm³/mol. The van der Waals surface area contributed by atoms with Crippen molar-refractivity contribution >= 4 is 11.8 Å². The predicted octanol–water partition coefficient (Wildman–Crippen LogP) is 1.04. The van der Waals surface area contributed by atoms with Gasteiger partial charge in [-0.15, -0.1) is 6.42 Å². The minimum Gasteiger partial charge on any atom is -0.481 e. The van der Waals surface area contributed by atoms with E-state index in [1.807, 2.05) is 0 Å². The van der Waals surface area contributed by atoms with E-state index in [4.69, 9.17) is 16.9 Å². The number of likely N-dealkylation sites (tertiary alicyclic amines) is 1. The van der Waals surface area contributed by atoms with Crippen molar-refractivity contribution < 1.29 is 14.3 Å². The van der Waals surface area contributed by atoms with Crippen molar-refractivity contribution in [3.05, 3.63) is 29.8 Å². The first-order valence-corrected chi connectivity index (χ1v) is 6.86. The maximum absolute atomic E-state index is 12.3. The van der Waals surface area contributed by atoms with Crippen molar-refractivity contribution in [2.45, 2.75) is 12.8 Å². The van der Waals surface area contributed by atoms with Gasteiger partial charge in [0, 0.05) is 24.6 Å². The largest absolute Gasteiger partial charge is 0.481 e. The molecule has 5 heteroatoms. The molecule has 0 unspecified atom stereocenters. The average Bonchev–Trinajstić information content (AvgIpc) is 2.53. The van der Waals surface area contributed by atoms with E-state index in [0.29, 0.717) is 37.2 Å². The topological polar surface area (TPSA) is 72.6 Å². The van der Waals surface area contributed by atoms with E-state index in [1.165, 1.54) is 0 Å². The van der Waals surface area contributed by atoms with Gasteiger partial charge in [0.1, 0.15) is 12.4 Å². The van der Waals surface area contributed by atoms with Crippen LogP contribution in [0.4, 0.5) is 0 Å². The van der Waals surface area contributed by atoms with Crippen LogP contribution in [0.5, 0.6) is 5.75 Å². The minimum absolute atomic E-state index is 0.0404. The van der Waals surface area contributed by atoms with Gasteiger partial charge in [0.2, 0.25) is 5.91 Å². The van der Waals surface area contributed by atoms with E-state index in [9.17, 15) is 9.59 Å². The van der Waals surface area contributed by atoms with Gasteiger partial charge in [0.05, 0.1) is 0 Å². The van der Waals surface area contributed by atoms with E-state index >= 15 is 0 Å². The number of carbonyl (C=O) groups is 2. The number of hydrogen-bond acceptors (Lipinski definition) is 3. The molecule has 5 nitrogen and oxygen atoms in total. The summed E-state index contributed by atoms with van der Waals surface area (Å²) < 4.78 is 5.26. The maximum Gasteiger partial charge on any atom is 0.253 e. The Morgan fingerprint density at radius 2 is 1.90 bits per heavy atom. The highest BCUT2D eigenvalue weighted by atomic mass is 16.5. The molecule has 1 fully saturated rings. The number of rotatable bonds is 4. The molecule has 2 N–H and O–H groups in total. The third kappa shape index (κ3) is 3.76. The third-order valence-electron chi connectivity index (χ3n) is 3.61. The highest BCUT2D eigenvalue weighted by molar-refractivity contribution is 5.94. The van der Waals surface area contributed by atoms with E-state index in [0.717, 1.165) is 0 Å². The lowest BCUT2D eigenvalue weighted by Crippen LogP contribution is -2.41. The van der Waals surface area contributed by atoms with Gasteiger partial charge in [0.15, 0.2) is 0 Å². The Balaban J connectivity index is 1.95. The highest BCUT2D eigenvalue weighted by Gasteiger charge is 2.26. The van der Waals surface area contributed by atoms with Gasteiger partial charge in [-0.2, -0.15) is 0 Å². The first kappa shape index (κ1) is 14.9. The molecule has 0 spiro atoms. The van der Waals surface area contributed by atoms with Crippen LogP contribution in [0.25, 0.3) is 0 Å². The summed E-state index contributed by atoms with van der Waals surface area (Å²) >= 11 is 0.